The highest BCUT2D eigenvalue weighted by atomic mass is 35.5. The molecule has 4 nitrogen and oxygen atoms in total. The summed E-state index contributed by atoms with van der Waals surface area (Å²) < 4.78 is 2.17. The number of nitrogens with one attached hydrogen (secondary N) is 1. The summed E-state index contributed by atoms with van der Waals surface area (Å²) >= 11 is 18.9. The van der Waals surface area contributed by atoms with Crippen molar-refractivity contribution in [3.05, 3.63) is 111 Å². The van der Waals surface area contributed by atoms with Gasteiger partial charge < -0.3 is 14.8 Å². The molecule has 0 unspecified atom stereocenters. The van der Waals surface area contributed by atoms with Crippen LogP contribution in [0.1, 0.15) is 45.9 Å². The fraction of sp³-hybridized carbons (Fsp3) is 0.214. The number of thiocarbonyl (C=S) groups is 1. The Hall–Kier alpha value is -2.86. The number of rotatable bonds is 4. The van der Waals surface area contributed by atoms with Crippen LogP contribution in [0.4, 0.5) is 5.69 Å². The highest BCUT2D eigenvalue weighted by molar-refractivity contribution is 7.80. The third kappa shape index (κ3) is 4.22. The third-order valence-electron chi connectivity index (χ3n) is 6.54. The molecule has 7 heteroatoms. The van der Waals surface area contributed by atoms with Crippen LogP contribution in [0.2, 0.25) is 10.0 Å². The quantitative estimate of drug-likeness (QED) is 0.281. The first kappa shape index (κ1) is 23.9. The van der Waals surface area contributed by atoms with Crippen molar-refractivity contribution >= 4 is 46.2 Å². The van der Waals surface area contributed by atoms with E-state index in [0.717, 1.165) is 34.0 Å². The summed E-state index contributed by atoms with van der Waals surface area (Å²) in [6.45, 7) is 8.43. The molecule has 3 heterocycles. The topological polar surface area (TPSA) is 33.1 Å². The minimum atomic E-state index is -0.117. The van der Waals surface area contributed by atoms with Gasteiger partial charge in [-0.2, -0.15) is 0 Å². The summed E-state index contributed by atoms with van der Waals surface area (Å²) in [6.07, 6.45) is 1.83. The minimum Gasteiger partial charge on any atom is -0.351 e. The molecule has 5 rings (SSSR count). The van der Waals surface area contributed by atoms with Gasteiger partial charge in [0.25, 0.3) is 0 Å². The van der Waals surface area contributed by atoms with Crippen LogP contribution in [0, 0.1) is 27.7 Å². The number of hydrogen-bond acceptors (Lipinski definition) is 2. The van der Waals surface area contributed by atoms with Crippen LogP contribution < -0.4 is 10.2 Å². The Labute approximate surface area is 221 Å². The molecule has 0 aliphatic carbocycles. The number of hydrogen-bond donors (Lipinski definition) is 1. The SMILES string of the molecule is Cc1cc(C)cc(N2C(=S)N[C@H](c3ccccn3)[C@@H]2c2cc(C)n(-c3cccc(Cl)c3Cl)c2C)c1. The van der Waals surface area contributed by atoms with Crippen LogP contribution >= 0.6 is 35.4 Å². The molecule has 178 valence electrons. The zero-order chi connectivity index (χ0) is 24.9. The Bertz CT molecular complexity index is 1410. The van der Waals surface area contributed by atoms with Crippen molar-refractivity contribution in [3.63, 3.8) is 0 Å². The highest BCUT2D eigenvalue weighted by Gasteiger charge is 2.42. The second-order valence-corrected chi connectivity index (χ2v) is 10.2. The van der Waals surface area contributed by atoms with Gasteiger partial charge in [0.05, 0.1) is 33.5 Å². The molecule has 1 N–H and O–H groups in total. The first-order valence-corrected chi connectivity index (χ1v) is 12.6. The van der Waals surface area contributed by atoms with E-state index >= 15 is 0 Å². The number of aryl methyl sites for hydroxylation is 3. The Kier molecular flexibility index (Phi) is 6.34. The van der Waals surface area contributed by atoms with Gasteiger partial charge >= 0.3 is 0 Å². The van der Waals surface area contributed by atoms with Crippen molar-refractivity contribution in [2.24, 2.45) is 0 Å². The normalized spacial score (nSPS) is 17.7. The van der Waals surface area contributed by atoms with Gasteiger partial charge in [0.15, 0.2) is 5.11 Å². The number of anilines is 1. The molecule has 1 aliphatic heterocycles. The second-order valence-electron chi connectivity index (χ2n) is 9.08. The molecular weight excluding hydrogens is 495 g/mol. The summed E-state index contributed by atoms with van der Waals surface area (Å²) in [7, 11) is 0. The third-order valence-corrected chi connectivity index (χ3v) is 7.67. The molecule has 2 atom stereocenters. The van der Waals surface area contributed by atoms with E-state index in [1.165, 1.54) is 11.1 Å². The predicted molar refractivity (Wildman–Crippen MR) is 149 cm³/mol. The molecule has 1 aliphatic rings. The van der Waals surface area contributed by atoms with Gasteiger partial charge in [-0.15, -0.1) is 0 Å². The van der Waals surface area contributed by atoms with Crippen LogP contribution in [0.25, 0.3) is 5.69 Å². The molecule has 2 aromatic carbocycles. The molecule has 0 amide bonds. The maximum Gasteiger partial charge on any atom is 0.174 e. The molecule has 4 aromatic rings. The molecule has 0 spiro atoms. The van der Waals surface area contributed by atoms with Crippen LogP contribution in [0.15, 0.2) is 66.9 Å². The average Bonchev–Trinajstić information content (AvgIpc) is 3.31. The lowest BCUT2D eigenvalue weighted by Crippen LogP contribution is -2.29. The zero-order valence-corrected chi connectivity index (χ0v) is 22.3. The highest BCUT2D eigenvalue weighted by Crippen LogP contribution is 2.44. The first-order valence-electron chi connectivity index (χ1n) is 11.5. The van der Waals surface area contributed by atoms with E-state index in [-0.39, 0.29) is 12.1 Å². The van der Waals surface area contributed by atoms with E-state index in [2.05, 4.69) is 71.7 Å². The summed E-state index contributed by atoms with van der Waals surface area (Å²) in [6, 6.07) is 20.3. The molecule has 1 saturated heterocycles. The fourth-order valence-electron chi connectivity index (χ4n) is 5.16. The summed E-state index contributed by atoms with van der Waals surface area (Å²) in [5, 5.41) is 5.31. The fourth-order valence-corrected chi connectivity index (χ4v) is 5.89. The van der Waals surface area contributed by atoms with Crippen molar-refractivity contribution < 1.29 is 0 Å². The van der Waals surface area contributed by atoms with E-state index in [1.54, 1.807) is 6.07 Å². The standard InChI is InChI=1S/C28H26Cl2N4S/c1-16-12-17(2)14-20(13-16)34-27(26(32-28(34)35)23-9-5-6-11-31-23)21-15-18(3)33(19(21)4)24-10-7-8-22(29)25(24)30/h5-15,26-27H,1-4H3,(H,32,35)/t26-,27+/m1/s1. The Balaban J connectivity index is 1.72. The lowest BCUT2D eigenvalue weighted by Gasteiger charge is -2.29. The lowest BCUT2D eigenvalue weighted by atomic mass is 9.96. The number of pyridine rings is 1. The number of halogens is 2. The minimum absolute atomic E-state index is 0.100. The molecule has 0 radical (unpaired) electrons. The van der Waals surface area contributed by atoms with E-state index in [4.69, 9.17) is 35.4 Å². The van der Waals surface area contributed by atoms with Crippen LogP contribution in [-0.4, -0.2) is 14.7 Å². The van der Waals surface area contributed by atoms with Crippen molar-refractivity contribution in [3.8, 4) is 5.69 Å². The Morgan fingerprint density at radius 2 is 1.66 bits per heavy atom. The second kappa shape index (κ2) is 9.30. The van der Waals surface area contributed by atoms with E-state index < -0.39 is 0 Å². The van der Waals surface area contributed by atoms with Crippen molar-refractivity contribution in [2.45, 2.75) is 39.8 Å². The van der Waals surface area contributed by atoms with Crippen molar-refractivity contribution in [2.75, 3.05) is 4.90 Å². The predicted octanol–water partition coefficient (Wildman–Crippen LogP) is 7.59. The monoisotopic (exact) mass is 520 g/mol. The van der Waals surface area contributed by atoms with Gasteiger partial charge in [-0.1, -0.05) is 41.4 Å². The van der Waals surface area contributed by atoms with E-state index in [1.807, 2.05) is 36.5 Å². The molecule has 0 saturated carbocycles. The van der Waals surface area contributed by atoms with Gasteiger partial charge in [-0.05, 0) is 99.1 Å². The lowest BCUT2D eigenvalue weighted by molar-refractivity contribution is 0.565. The van der Waals surface area contributed by atoms with Gasteiger partial charge in [0, 0.05) is 23.3 Å². The summed E-state index contributed by atoms with van der Waals surface area (Å²) in [5.41, 5.74) is 8.56. The zero-order valence-electron chi connectivity index (χ0n) is 20.0. The number of benzene rings is 2. The Morgan fingerprint density at radius 1 is 0.914 bits per heavy atom. The van der Waals surface area contributed by atoms with Crippen LogP contribution in [0.5, 0.6) is 0 Å². The van der Waals surface area contributed by atoms with Crippen molar-refractivity contribution in [1.29, 1.82) is 0 Å². The summed E-state index contributed by atoms with van der Waals surface area (Å²) in [5.74, 6) is 0. The maximum absolute atomic E-state index is 6.64. The van der Waals surface area contributed by atoms with E-state index in [9.17, 15) is 0 Å². The van der Waals surface area contributed by atoms with Crippen LogP contribution in [-0.2, 0) is 0 Å². The maximum atomic E-state index is 6.64. The molecular formula is C28H26Cl2N4S. The average molecular weight is 522 g/mol. The molecule has 0 bridgehead atoms. The molecule has 1 fully saturated rings. The molecule has 2 aromatic heterocycles. The first-order chi connectivity index (χ1) is 16.8. The van der Waals surface area contributed by atoms with Crippen molar-refractivity contribution in [1.82, 2.24) is 14.9 Å². The largest absolute Gasteiger partial charge is 0.351 e. The Morgan fingerprint density at radius 3 is 2.34 bits per heavy atom. The summed E-state index contributed by atoms with van der Waals surface area (Å²) in [4.78, 5) is 6.91. The van der Waals surface area contributed by atoms with Gasteiger partial charge in [-0.25, -0.2) is 0 Å². The number of aromatic nitrogens is 2. The smallest absolute Gasteiger partial charge is 0.174 e. The van der Waals surface area contributed by atoms with Gasteiger partial charge in [0.2, 0.25) is 0 Å². The van der Waals surface area contributed by atoms with Crippen LogP contribution in [0.3, 0.4) is 0 Å². The van der Waals surface area contributed by atoms with E-state index in [0.29, 0.717) is 15.2 Å². The van der Waals surface area contributed by atoms with Gasteiger partial charge in [-0.3, -0.25) is 4.98 Å². The number of nitrogens with zero attached hydrogens (tertiary/aromatic N) is 3. The van der Waals surface area contributed by atoms with Gasteiger partial charge in [0.1, 0.15) is 0 Å². The molecule has 35 heavy (non-hydrogen) atoms.